The van der Waals surface area contributed by atoms with Crippen molar-refractivity contribution in [2.24, 2.45) is 5.73 Å². The molecule has 0 bridgehead atoms. The topological polar surface area (TPSA) is 35.2 Å². The van der Waals surface area contributed by atoms with E-state index in [0.29, 0.717) is 0 Å². The summed E-state index contributed by atoms with van der Waals surface area (Å²) in [6.07, 6.45) is 2.07. The Kier molecular flexibility index (Phi) is 4.73. The molecule has 2 N–H and O–H groups in total. The highest BCUT2D eigenvalue weighted by Gasteiger charge is 2.17. The lowest BCUT2D eigenvalue weighted by Gasteiger charge is -2.19. The number of benzene rings is 2. The van der Waals surface area contributed by atoms with Crippen molar-refractivity contribution in [3.63, 3.8) is 0 Å². The third-order valence-corrected chi connectivity index (χ3v) is 4.24. The number of methoxy groups -OCH3 is 1. The van der Waals surface area contributed by atoms with Crippen LogP contribution >= 0.6 is 11.8 Å². The molecule has 0 saturated heterocycles. The number of hydrogen-bond donors (Lipinski definition) is 1. The van der Waals surface area contributed by atoms with Crippen LogP contribution in [0.25, 0.3) is 0 Å². The smallest absolute Gasteiger partial charge is 0.124 e. The zero-order chi connectivity index (χ0) is 14.7. The van der Waals surface area contributed by atoms with Gasteiger partial charge in [0.1, 0.15) is 5.75 Å². The van der Waals surface area contributed by atoms with Gasteiger partial charge in [0.25, 0.3) is 0 Å². The summed E-state index contributed by atoms with van der Waals surface area (Å²) >= 11 is 1.73. The maximum absolute atomic E-state index is 6.45. The first-order valence-corrected chi connectivity index (χ1v) is 7.84. The number of ether oxygens (including phenoxy) is 1. The van der Waals surface area contributed by atoms with Gasteiger partial charge in [0.05, 0.1) is 13.2 Å². The molecule has 2 aromatic carbocycles. The maximum Gasteiger partial charge on any atom is 0.124 e. The normalized spacial score (nSPS) is 12.2. The zero-order valence-electron chi connectivity index (χ0n) is 12.4. The fourth-order valence-corrected chi connectivity index (χ4v) is 2.89. The molecule has 0 amide bonds. The Hall–Kier alpha value is -1.45. The van der Waals surface area contributed by atoms with E-state index in [9.17, 15) is 0 Å². The van der Waals surface area contributed by atoms with Crippen LogP contribution in [-0.2, 0) is 0 Å². The number of hydrogen-bond acceptors (Lipinski definition) is 3. The summed E-state index contributed by atoms with van der Waals surface area (Å²) in [4.78, 5) is 1.24. The van der Waals surface area contributed by atoms with Gasteiger partial charge in [-0.05, 0) is 55.0 Å². The molecule has 0 saturated carbocycles. The maximum atomic E-state index is 6.45. The molecule has 20 heavy (non-hydrogen) atoms. The van der Waals surface area contributed by atoms with E-state index in [2.05, 4.69) is 50.4 Å². The van der Waals surface area contributed by atoms with Gasteiger partial charge in [-0.2, -0.15) is 0 Å². The molecule has 2 rings (SSSR count). The van der Waals surface area contributed by atoms with Crippen LogP contribution in [0.1, 0.15) is 28.3 Å². The lowest BCUT2D eigenvalue weighted by atomic mass is 9.93. The van der Waals surface area contributed by atoms with Crippen molar-refractivity contribution in [1.29, 1.82) is 0 Å². The second-order valence-corrected chi connectivity index (χ2v) is 5.83. The van der Waals surface area contributed by atoms with Crippen LogP contribution in [0.4, 0.5) is 0 Å². The first kappa shape index (κ1) is 14.9. The number of aryl methyl sites for hydroxylation is 2. The van der Waals surface area contributed by atoms with Crippen molar-refractivity contribution in [3.8, 4) is 5.75 Å². The van der Waals surface area contributed by atoms with Crippen LogP contribution in [0, 0.1) is 13.8 Å². The van der Waals surface area contributed by atoms with Crippen LogP contribution in [0.2, 0.25) is 0 Å². The number of nitrogens with two attached hydrogens (primary N) is 1. The molecule has 1 unspecified atom stereocenters. The van der Waals surface area contributed by atoms with Crippen LogP contribution < -0.4 is 10.5 Å². The zero-order valence-corrected chi connectivity index (χ0v) is 13.3. The Morgan fingerprint density at radius 2 is 1.75 bits per heavy atom. The molecular weight excluding hydrogens is 266 g/mol. The summed E-state index contributed by atoms with van der Waals surface area (Å²) in [6.45, 7) is 4.15. The first-order chi connectivity index (χ1) is 9.56. The number of thioether (sulfide) groups is 1. The van der Waals surface area contributed by atoms with Crippen LogP contribution in [0.3, 0.4) is 0 Å². The molecule has 0 spiro atoms. The van der Waals surface area contributed by atoms with Gasteiger partial charge in [-0.15, -0.1) is 11.8 Å². The third kappa shape index (κ3) is 3.00. The first-order valence-electron chi connectivity index (χ1n) is 6.61. The van der Waals surface area contributed by atoms with Crippen LogP contribution in [0.5, 0.6) is 5.75 Å². The summed E-state index contributed by atoms with van der Waals surface area (Å²) in [5.41, 5.74) is 11.0. The molecule has 0 aliphatic rings. The van der Waals surface area contributed by atoms with Crippen molar-refractivity contribution >= 4 is 11.8 Å². The summed E-state index contributed by atoms with van der Waals surface area (Å²) in [6, 6.07) is 12.4. The predicted molar refractivity (Wildman–Crippen MR) is 86.7 cm³/mol. The Bertz CT molecular complexity index is 593. The predicted octanol–water partition coefficient (Wildman–Crippen LogP) is 4.08. The largest absolute Gasteiger partial charge is 0.496 e. The molecule has 0 aliphatic carbocycles. The molecule has 3 heteroatoms. The van der Waals surface area contributed by atoms with Gasteiger partial charge in [0, 0.05) is 10.5 Å². The Morgan fingerprint density at radius 3 is 2.30 bits per heavy atom. The Balaban J connectivity index is 2.44. The van der Waals surface area contributed by atoms with E-state index in [4.69, 9.17) is 10.5 Å². The minimum absolute atomic E-state index is 0.165. The van der Waals surface area contributed by atoms with E-state index in [1.807, 2.05) is 6.07 Å². The summed E-state index contributed by atoms with van der Waals surface area (Å²) in [7, 11) is 1.70. The Labute approximate surface area is 125 Å². The van der Waals surface area contributed by atoms with E-state index in [-0.39, 0.29) is 6.04 Å². The average molecular weight is 287 g/mol. The van der Waals surface area contributed by atoms with Gasteiger partial charge in [0.2, 0.25) is 0 Å². The lowest BCUT2D eigenvalue weighted by Crippen LogP contribution is -2.14. The van der Waals surface area contributed by atoms with Crippen LogP contribution in [0.15, 0.2) is 41.3 Å². The highest BCUT2D eigenvalue weighted by molar-refractivity contribution is 7.98. The van der Waals surface area contributed by atoms with E-state index >= 15 is 0 Å². The van der Waals surface area contributed by atoms with Gasteiger partial charge in [-0.25, -0.2) is 0 Å². The highest BCUT2D eigenvalue weighted by atomic mass is 32.2. The fraction of sp³-hybridized carbons (Fsp3) is 0.294. The molecule has 1 atom stereocenters. The quantitative estimate of drug-likeness (QED) is 0.861. The molecule has 106 valence electrons. The highest BCUT2D eigenvalue weighted by Crippen LogP contribution is 2.32. The lowest BCUT2D eigenvalue weighted by molar-refractivity contribution is 0.407. The van der Waals surface area contributed by atoms with Gasteiger partial charge in [-0.3, -0.25) is 0 Å². The van der Waals surface area contributed by atoms with E-state index < -0.39 is 0 Å². The van der Waals surface area contributed by atoms with E-state index in [1.54, 1.807) is 18.9 Å². The molecule has 0 aliphatic heterocycles. The fourth-order valence-electron chi connectivity index (χ4n) is 2.49. The van der Waals surface area contributed by atoms with Gasteiger partial charge >= 0.3 is 0 Å². The summed E-state index contributed by atoms with van der Waals surface area (Å²) < 4.78 is 5.51. The SMILES string of the molecule is COc1cc(C)cc(C)c1C(N)c1ccc(SC)cc1. The minimum Gasteiger partial charge on any atom is -0.496 e. The third-order valence-electron chi connectivity index (χ3n) is 3.50. The van der Waals surface area contributed by atoms with Crippen molar-refractivity contribution in [2.45, 2.75) is 24.8 Å². The average Bonchev–Trinajstić information content (AvgIpc) is 2.46. The molecule has 2 nitrogen and oxygen atoms in total. The number of rotatable bonds is 4. The molecule has 0 fully saturated rings. The summed E-state index contributed by atoms with van der Waals surface area (Å²) in [5, 5.41) is 0. The molecule has 0 aromatic heterocycles. The summed E-state index contributed by atoms with van der Waals surface area (Å²) in [5.74, 6) is 0.865. The van der Waals surface area contributed by atoms with Gasteiger partial charge in [0.15, 0.2) is 0 Å². The van der Waals surface area contributed by atoms with Crippen molar-refractivity contribution in [1.82, 2.24) is 0 Å². The molecule has 2 aromatic rings. The molecule has 0 heterocycles. The van der Waals surface area contributed by atoms with Gasteiger partial charge < -0.3 is 10.5 Å². The molecular formula is C17H21NOS. The second kappa shape index (κ2) is 6.33. The monoisotopic (exact) mass is 287 g/mol. The minimum atomic E-state index is -0.165. The Morgan fingerprint density at radius 1 is 1.10 bits per heavy atom. The second-order valence-electron chi connectivity index (χ2n) is 4.95. The molecule has 0 radical (unpaired) electrons. The van der Waals surface area contributed by atoms with Crippen molar-refractivity contribution < 1.29 is 4.74 Å². The van der Waals surface area contributed by atoms with E-state index in [0.717, 1.165) is 16.9 Å². The van der Waals surface area contributed by atoms with Crippen LogP contribution in [-0.4, -0.2) is 13.4 Å². The van der Waals surface area contributed by atoms with Gasteiger partial charge in [-0.1, -0.05) is 18.2 Å². The standard InChI is InChI=1S/C17H21NOS/c1-11-9-12(2)16(15(10-11)19-3)17(18)13-5-7-14(20-4)8-6-13/h5-10,17H,18H2,1-4H3. The van der Waals surface area contributed by atoms with Crippen molar-refractivity contribution in [2.75, 3.05) is 13.4 Å². The van der Waals surface area contributed by atoms with E-state index in [1.165, 1.54) is 16.0 Å². The van der Waals surface area contributed by atoms with Crippen molar-refractivity contribution in [3.05, 3.63) is 58.7 Å².